The van der Waals surface area contributed by atoms with Gasteiger partial charge in [-0.15, -0.1) is 0 Å². The summed E-state index contributed by atoms with van der Waals surface area (Å²) in [7, 11) is 1.51. The molecule has 0 aliphatic rings. The Morgan fingerprint density at radius 1 is 1.63 bits per heavy atom. The molecule has 1 amide bonds. The van der Waals surface area contributed by atoms with E-state index in [2.05, 4.69) is 5.16 Å². The topological polar surface area (TPSA) is 78.9 Å². The molecule has 1 rings (SSSR count). The van der Waals surface area contributed by atoms with Crippen molar-refractivity contribution in [3.8, 4) is 0 Å². The number of carbonyl (C=O) groups excluding carboxylic acids is 1. The highest BCUT2D eigenvalue weighted by molar-refractivity contribution is 6.31. The first kappa shape index (κ1) is 15.2. The van der Waals surface area contributed by atoms with Crippen molar-refractivity contribution in [1.29, 1.82) is 0 Å². The number of halogens is 2. The van der Waals surface area contributed by atoms with E-state index in [1.165, 1.54) is 24.1 Å². The molecule has 19 heavy (non-hydrogen) atoms. The first-order valence-corrected chi connectivity index (χ1v) is 5.93. The van der Waals surface area contributed by atoms with E-state index in [1.807, 2.05) is 0 Å². The maximum absolute atomic E-state index is 13.6. The van der Waals surface area contributed by atoms with Crippen LogP contribution in [0.2, 0.25) is 5.02 Å². The summed E-state index contributed by atoms with van der Waals surface area (Å²) in [6, 6.07) is 3.43. The number of rotatable bonds is 4. The minimum Gasteiger partial charge on any atom is -0.409 e. The van der Waals surface area contributed by atoms with Gasteiger partial charge in [-0.1, -0.05) is 16.8 Å². The van der Waals surface area contributed by atoms with E-state index < -0.39 is 11.7 Å². The number of benzene rings is 1. The average Bonchev–Trinajstić information content (AvgIpc) is 2.39. The lowest BCUT2D eigenvalue weighted by molar-refractivity contribution is 0.0742. The smallest absolute Gasteiger partial charge is 0.256 e. The molecular formula is C12H15ClFN3O2. The van der Waals surface area contributed by atoms with Gasteiger partial charge in [0.2, 0.25) is 0 Å². The lowest BCUT2D eigenvalue weighted by atomic mass is 10.1. The van der Waals surface area contributed by atoms with Gasteiger partial charge in [0.1, 0.15) is 11.7 Å². The highest BCUT2D eigenvalue weighted by atomic mass is 35.5. The molecule has 0 aliphatic heterocycles. The number of amides is 1. The van der Waals surface area contributed by atoms with E-state index in [4.69, 9.17) is 22.5 Å². The highest BCUT2D eigenvalue weighted by Gasteiger charge is 2.21. The standard InChI is InChI=1S/C12H15ClFN3O2/c1-7(5-11(15)16-19)17(2)12(18)9-6-8(13)3-4-10(9)14/h3-4,6-7,19H,5H2,1-2H3,(H2,15,16). The van der Waals surface area contributed by atoms with Gasteiger partial charge in [-0.2, -0.15) is 0 Å². The van der Waals surface area contributed by atoms with Gasteiger partial charge in [-0.3, -0.25) is 4.79 Å². The van der Waals surface area contributed by atoms with Crippen LogP contribution in [0.1, 0.15) is 23.7 Å². The SMILES string of the molecule is CC(CC(N)=NO)N(C)C(=O)c1cc(Cl)ccc1F. The van der Waals surface area contributed by atoms with Gasteiger partial charge < -0.3 is 15.8 Å². The van der Waals surface area contributed by atoms with Crippen molar-refractivity contribution in [3.63, 3.8) is 0 Å². The zero-order valence-electron chi connectivity index (χ0n) is 10.6. The molecule has 1 unspecified atom stereocenters. The largest absolute Gasteiger partial charge is 0.409 e. The molecule has 1 atom stereocenters. The van der Waals surface area contributed by atoms with Crippen molar-refractivity contribution in [2.45, 2.75) is 19.4 Å². The van der Waals surface area contributed by atoms with E-state index in [9.17, 15) is 9.18 Å². The van der Waals surface area contributed by atoms with E-state index in [-0.39, 0.29) is 28.9 Å². The molecule has 0 saturated carbocycles. The summed E-state index contributed by atoms with van der Waals surface area (Å²) in [5.74, 6) is -1.16. The number of nitrogens with zero attached hydrogens (tertiary/aromatic N) is 2. The van der Waals surface area contributed by atoms with Crippen LogP contribution in [0.25, 0.3) is 0 Å². The molecular weight excluding hydrogens is 273 g/mol. The summed E-state index contributed by atoms with van der Waals surface area (Å²) >= 11 is 5.74. The van der Waals surface area contributed by atoms with Crippen LogP contribution in [0, 0.1) is 5.82 Å². The van der Waals surface area contributed by atoms with Gasteiger partial charge in [0.05, 0.1) is 5.56 Å². The van der Waals surface area contributed by atoms with Crippen LogP contribution in [-0.4, -0.2) is 34.9 Å². The maximum Gasteiger partial charge on any atom is 0.256 e. The summed E-state index contributed by atoms with van der Waals surface area (Å²) in [4.78, 5) is 13.4. The Morgan fingerprint density at radius 2 is 2.26 bits per heavy atom. The molecule has 3 N–H and O–H groups in total. The fourth-order valence-corrected chi connectivity index (χ4v) is 1.70. The van der Waals surface area contributed by atoms with Gasteiger partial charge >= 0.3 is 0 Å². The number of hydrogen-bond acceptors (Lipinski definition) is 3. The molecule has 104 valence electrons. The Hall–Kier alpha value is -1.82. The van der Waals surface area contributed by atoms with Crippen LogP contribution < -0.4 is 5.73 Å². The molecule has 0 aromatic heterocycles. The van der Waals surface area contributed by atoms with Gasteiger partial charge in [0, 0.05) is 24.5 Å². The third-order valence-electron chi connectivity index (χ3n) is 2.77. The predicted octanol–water partition coefficient (Wildman–Crippen LogP) is 2.08. The summed E-state index contributed by atoms with van der Waals surface area (Å²) in [5.41, 5.74) is 5.26. The van der Waals surface area contributed by atoms with Crippen molar-refractivity contribution < 1.29 is 14.4 Å². The van der Waals surface area contributed by atoms with Gasteiger partial charge in [-0.05, 0) is 25.1 Å². The fourth-order valence-electron chi connectivity index (χ4n) is 1.53. The lowest BCUT2D eigenvalue weighted by Gasteiger charge is -2.24. The van der Waals surface area contributed by atoms with Gasteiger partial charge in [0.25, 0.3) is 5.91 Å². The molecule has 0 saturated heterocycles. The minimum atomic E-state index is -0.641. The van der Waals surface area contributed by atoms with Crippen molar-refractivity contribution in [2.75, 3.05) is 7.05 Å². The van der Waals surface area contributed by atoms with Crippen LogP contribution in [-0.2, 0) is 0 Å². The van der Waals surface area contributed by atoms with Crippen LogP contribution in [0.5, 0.6) is 0 Å². The Labute approximate surface area is 115 Å². The second-order valence-electron chi connectivity index (χ2n) is 4.18. The normalized spacial score (nSPS) is 13.2. The van der Waals surface area contributed by atoms with Gasteiger partial charge in [-0.25, -0.2) is 4.39 Å². The Balaban J connectivity index is 2.90. The van der Waals surface area contributed by atoms with Crippen LogP contribution in [0.3, 0.4) is 0 Å². The zero-order valence-corrected chi connectivity index (χ0v) is 11.4. The van der Waals surface area contributed by atoms with Crippen LogP contribution in [0.15, 0.2) is 23.4 Å². The first-order chi connectivity index (χ1) is 8.86. The third-order valence-corrected chi connectivity index (χ3v) is 3.01. The first-order valence-electron chi connectivity index (χ1n) is 5.55. The number of carbonyl (C=O) groups is 1. The molecule has 0 spiro atoms. The highest BCUT2D eigenvalue weighted by Crippen LogP contribution is 2.17. The Kier molecular flexibility index (Phi) is 5.11. The van der Waals surface area contributed by atoms with Crippen LogP contribution >= 0.6 is 11.6 Å². The van der Waals surface area contributed by atoms with Crippen molar-refractivity contribution >= 4 is 23.3 Å². The monoisotopic (exact) mass is 287 g/mol. The second-order valence-corrected chi connectivity index (χ2v) is 4.62. The van der Waals surface area contributed by atoms with Crippen molar-refractivity contribution in [1.82, 2.24) is 4.90 Å². The summed E-state index contributed by atoms with van der Waals surface area (Å²) in [5, 5.41) is 11.6. The lowest BCUT2D eigenvalue weighted by Crippen LogP contribution is -2.38. The quantitative estimate of drug-likeness (QED) is 0.385. The van der Waals surface area contributed by atoms with Crippen molar-refractivity contribution in [2.24, 2.45) is 10.9 Å². The number of oxime groups is 1. The molecule has 1 aromatic carbocycles. The molecule has 0 fully saturated rings. The summed E-state index contributed by atoms with van der Waals surface area (Å²) in [6.07, 6.45) is 0.181. The summed E-state index contributed by atoms with van der Waals surface area (Å²) in [6.45, 7) is 1.71. The average molecular weight is 288 g/mol. The number of hydrogen-bond donors (Lipinski definition) is 2. The fraction of sp³-hybridized carbons (Fsp3) is 0.333. The van der Waals surface area contributed by atoms with E-state index in [0.717, 1.165) is 6.07 Å². The van der Waals surface area contributed by atoms with E-state index in [1.54, 1.807) is 6.92 Å². The molecule has 7 heteroatoms. The zero-order chi connectivity index (χ0) is 14.6. The van der Waals surface area contributed by atoms with Crippen molar-refractivity contribution in [3.05, 3.63) is 34.6 Å². The molecule has 5 nitrogen and oxygen atoms in total. The molecule has 0 heterocycles. The Morgan fingerprint density at radius 3 is 2.84 bits per heavy atom. The van der Waals surface area contributed by atoms with E-state index >= 15 is 0 Å². The number of amidine groups is 1. The third kappa shape index (κ3) is 3.82. The van der Waals surface area contributed by atoms with E-state index in [0.29, 0.717) is 0 Å². The Bertz CT molecular complexity index is 508. The maximum atomic E-state index is 13.6. The molecule has 1 aromatic rings. The van der Waals surface area contributed by atoms with Gasteiger partial charge in [0.15, 0.2) is 0 Å². The minimum absolute atomic E-state index is 0.00119. The molecule has 0 radical (unpaired) electrons. The molecule has 0 aliphatic carbocycles. The predicted molar refractivity (Wildman–Crippen MR) is 71.0 cm³/mol. The molecule has 0 bridgehead atoms. The van der Waals surface area contributed by atoms with Crippen LogP contribution in [0.4, 0.5) is 4.39 Å². The number of nitrogens with two attached hydrogens (primary N) is 1. The summed E-state index contributed by atoms with van der Waals surface area (Å²) < 4.78 is 13.6. The second kappa shape index (κ2) is 6.38.